The Morgan fingerprint density at radius 1 is 0.824 bits per heavy atom. The fraction of sp³-hybridized carbons (Fsp3) is 0.500. The molecule has 0 heterocycles. The molecule has 1 aromatic carbocycles. The Kier molecular flexibility index (Phi) is 7.98. The van der Waals surface area contributed by atoms with Crippen LogP contribution in [0, 0.1) is 0 Å². The Bertz CT molecular complexity index is 278. The lowest BCUT2D eigenvalue weighted by Crippen LogP contribution is -2.56. The predicted octanol–water partition coefficient (Wildman–Crippen LogP) is 2.09. The molecule has 17 heavy (non-hydrogen) atoms. The Hall–Kier alpha value is -0.753. The maximum atomic E-state index is 5.79. The Morgan fingerprint density at radius 3 is 1.59 bits per heavy atom. The molecule has 0 aromatic heterocycles. The van der Waals surface area contributed by atoms with Crippen LogP contribution in [0.1, 0.15) is 20.8 Å². The van der Waals surface area contributed by atoms with Crippen LogP contribution in [0.4, 0.5) is 4.70 Å². The number of benzene rings is 1. The van der Waals surface area contributed by atoms with E-state index in [0.717, 1.165) is 5.19 Å². The van der Waals surface area contributed by atoms with E-state index in [2.05, 4.69) is 0 Å². The van der Waals surface area contributed by atoms with E-state index >= 15 is 0 Å². The highest BCUT2D eigenvalue weighted by atomic mass is 28.4. The van der Waals surface area contributed by atoms with Gasteiger partial charge >= 0.3 is 8.80 Å². The highest BCUT2D eigenvalue weighted by Gasteiger charge is 2.42. The normalized spacial score (nSPS) is 11.0. The third-order valence-electron chi connectivity index (χ3n) is 2.13. The van der Waals surface area contributed by atoms with E-state index in [4.69, 9.17) is 13.3 Å². The van der Waals surface area contributed by atoms with Crippen LogP contribution in [-0.4, -0.2) is 28.6 Å². The molecule has 0 radical (unpaired) electrons. The molecule has 0 N–H and O–H groups in total. The number of hydrogen-bond donors (Lipinski definition) is 0. The highest BCUT2D eigenvalue weighted by molar-refractivity contribution is 6.75. The number of halogens is 1. The molecule has 98 valence electrons. The fourth-order valence-corrected chi connectivity index (χ4v) is 4.08. The average molecular weight is 260 g/mol. The first kappa shape index (κ1) is 16.2. The van der Waals surface area contributed by atoms with Gasteiger partial charge in [0.25, 0.3) is 0 Å². The second-order valence-electron chi connectivity index (χ2n) is 3.22. The summed E-state index contributed by atoms with van der Waals surface area (Å²) in [4.78, 5) is 0. The number of rotatable bonds is 7. The molecule has 3 nitrogen and oxygen atoms in total. The van der Waals surface area contributed by atoms with Crippen molar-refractivity contribution >= 4 is 14.0 Å². The molecule has 0 atom stereocenters. The van der Waals surface area contributed by atoms with Crippen LogP contribution < -0.4 is 5.19 Å². The molecule has 0 aliphatic rings. The van der Waals surface area contributed by atoms with Crippen molar-refractivity contribution in [2.45, 2.75) is 20.8 Å². The Morgan fingerprint density at radius 2 is 1.24 bits per heavy atom. The predicted molar refractivity (Wildman–Crippen MR) is 69.2 cm³/mol. The van der Waals surface area contributed by atoms with Crippen molar-refractivity contribution in [3.63, 3.8) is 0 Å². The van der Waals surface area contributed by atoms with Crippen molar-refractivity contribution in [3.05, 3.63) is 30.3 Å². The van der Waals surface area contributed by atoms with Crippen LogP contribution in [0.2, 0.25) is 0 Å². The van der Waals surface area contributed by atoms with Gasteiger partial charge in [-0.15, -0.1) is 0 Å². The second-order valence-corrected chi connectivity index (χ2v) is 5.78. The van der Waals surface area contributed by atoms with E-state index in [9.17, 15) is 0 Å². The maximum absolute atomic E-state index is 5.79. The monoisotopic (exact) mass is 260 g/mol. The molecular formula is C12H21FO3Si. The lowest BCUT2D eigenvalue weighted by molar-refractivity contribution is 0.0859. The summed E-state index contributed by atoms with van der Waals surface area (Å²) in [5.41, 5.74) is 0. The van der Waals surface area contributed by atoms with E-state index in [-0.39, 0.29) is 4.70 Å². The average Bonchev–Trinajstić information content (AvgIpc) is 2.31. The first-order valence-corrected chi connectivity index (χ1v) is 7.49. The van der Waals surface area contributed by atoms with Crippen molar-refractivity contribution in [3.8, 4) is 0 Å². The zero-order valence-corrected chi connectivity index (χ0v) is 11.6. The molecule has 0 aliphatic carbocycles. The van der Waals surface area contributed by atoms with Gasteiger partial charge in [-0.1, -0.05) is 30.3 Å². The summed E-state index contributed by atoms with van der Waals surface area (Å²) in [6, 6.07) is 9.95. The van der Waals surface area contributed by atoms with Crippen molar-refractivity contribution in [2.24, 2.45) is 0 Å². The molecule has 0 saturated heterocycles. The topological polar surface area (TPSA) is 27.7 Å². The summed E-state index contributed by atoms with van der Waals surface area (Å²) in [5.74, 6) is 0. The Balaban J connectivity index is 0.00000256. The van der Waals surface area contributed by atoms with E-state index in [1.165, 1.54) is 0 Å². The van der Waals surface area contributed by atoms with Gasteiger partial charge < -0.3 is 13.3 Å². The number of hydrogen-bond acceptors (Lipinski definition) is 3. The van der Waals surface area contributed by atoms with Gasteiger partial charge in [-0.2, -0.15) is 0 Å². The van der Waals surface area contributed by atoms with E-state index in [0.29, 0.717) is 19.8 Å². The Labute approximate surface area is 103 Å². The summed E-state index contributed by atoms with van der Waals surface area (Å²) in [5, 5.41) is 1.03. The van der Waals surface area contributed by atoms with Gasteiger partial charge in [0.2, 0.25) is 0 Å². The third kappa shape index (κ3) is 4.20. The van der Waals surface area contributed by atoms with Gasteiger partial charge in [-0.3, -0.25) is 4.70 Å². The minimum atomic E-state index is -2.67. The third-order valence-corrected chi connectivity index (χ3v) is 5.18. The quantitative estimate of drug-likeness (QED) is 0.703. The first-order chi connectivity index (χ1) is 7.79. The van der Waals surface area contributed by atoms with Crippen LogP contribution in [0.15, 0.2) is 30.3 Å². The molecular weight excluding hydrogens is 239 g/mol. The fourth-order valence-electron chi connectivity index (χ4n) is 1.59. The van der Waals surface area contributed by atoms with Gasteiger partial charge in [0.05, 0.1) is 0 Å². The van der Waals surface area contributed by atoms with E-state index < -0.39 is 8.80 Å². The maximum Gasteiger partial charge on any atom is 0.537 e. The van der Waals surface area contributed by atoms with Gasteiger partial charge in [-0.25, -0.2) is 0 Å². The largest absolute Gasteiger partial charge is 0.537 e. The SMILES string of the molecule is CCO[Si](OCC)(OCC)c1ccccc1.F. The molecule has 0 spiro atoms. The molecule has 0 bridgehead atoms. The smallest absolute Gasteiger partial charge is 0.370 e. The lowest BCUT2D eigenvalue weighted by atomic mass is 10.4. The van der Waals surface area contributed by atoms with Crippen LogP contribution in [-0.2, 0) is 13.3 Å². The molecule has 1 rings (SSSR count). The van der Waals surface area contributed by atoms with Crippen LogP contribution in [0.5, 0.6) is 0 Å². The summed E-state index contributed by atoms with van der Waals surface area (Å²) in [6.45, 7) is 7.68. The van der Waals surface area contributed by atoms with Gasteiger partial charge in [0.15, 0.2) is 0 Å². The van der Waals surface area contributed by atoms with Gasteiger partial charge in [0, 0.05) is 25.0 Å². The van der Waals surface area contributed by atoms with Crippen molar-refractivity contribution in [1.82, 2.24) is 0 Å². The van der Waals surface area contributed by atoms with Gasteiger partial charge in [0.1, 0.15) is 0 Å². The molecule has 1 aromatic rings. The summed E-state index contributed by atoms with van der Waals surface area (Å²) in [7, 11) is -2.67. The summed E-state index contributed by atoms with van der Waals surface area (Å²) < 4.78 is 17.4. The summed E-state index contributed by atoms with van der Waals surface area (Å²) >= 11 is 0. The summed E-state index contributed by atoms with van der Waals surface area (Å²) in [6.07, 6.45) is 0. The van der Waals surface area contributed by atoms with E-state index in [1.54, 1.807) is 0 Å². The molecule has 0 aliphatic heterocycles. The molecule has 0 unspecified atom stereocenters. The molecule has 0 amide bonds. The molecule has 0 fully saturated rings. The van der Waals surface area contributed by atoms with Crippen molar-refractivity contribution < 1.29 is 18.0 Å². The zero-order valence-electron chi connectivity index (χ0n) is 10.6. The van der Waals surface area contributed by atoms with Crippen LogP contribution in [0.3, 0.4) is 0 Å². The van der Waals surface area contributed by atoms with Gasteiger partial charge in [-0.05, 0) is 20.8 Å². The first-order valence-electron chi connectivity index (χ1n) is 5.76. The molecule has 0 saturated carbocycles. The second kappa shape index (κ2) is 8.35. The van der Waals surface area contributed by atoms with Crippen molar-refractivity contribution in [2.75, 3.05) is 19.8 Å². The van der Waals surface area contributed by atoms with Crippen LogP contribution >= 0.6 is 0 Å². The standard InChI is InChI=1S/C12H20O3Si.FH/c1-4-13-16(14-5-2,15-6-3)12-10-8-7-9-11-12;/h7-11H,4-6H2,1-3H3;1H. The molecule has 5 heteroatoms. The van der Waals surface area contributed by atoms with Crippen molar-refractivity contribution in [1.29, 1.82) is 0 Å². The van der Waals surface area contributed by atoms with Crippen LogP contribution in [0.25, 0.3) is 0 Å². The zero-order chi connectivity index (χ0) is 11.9. The minimum absolute atomic E-state index is 0. The van der Waals surface area contributed by atoms with E-state index in [1.807, 2.05) is 51.1 Å². The highest BCUT2D eigenvalue weighted by Crippen LogP contribution is 2.10. The minimum Gasteiger partial charge on any atom is -0.370 e. The lowest BCUT2D eigenvalue weighted by Gasteiger charge is -2.28.